The SMILES string of the molecule is CC(=O)N[C@H]1[C@H](O[C@H]2[C@H](O)[C@@H](NC(C)=O)C(O)O[C@@H]2CO)O[C@H](CO)[C@@H](O[C@@H]2O[C@H](CO[C@H]3O[C@H](CO)[C@@H](O)[C@H](O[C@H]4O[C@H](CO[C@H]5O[C@H](CO)[C@@H](O)[C@H](O)[C@@H]5O)[C@@H](O)[C@H](O)[C@@H]4O)[C@@H]3O)[C@@H](O)[C@H](O[C@H]3O[C@H](CO)[C@@H](O)[C@H](O)[C@@H]3O[C@H]3O[C@H](CO)[C@@H](O)[C@H](O)[C@@H]3O)[C@@H]2O)[C@@H]1O. The van der Waals surface area contributed by atoms with E-state index in [4.69, 9.17) is 71.1 Å². The molecule has 0 aromatic heterocycles. The Balaban J connectivity index is 1.07. The second-order valence-electron chi connectivity index (χ2n) is 23.9. The Bertz CT molecular complexity index is 2380. The molecule has 8 saturated heterocycles. The number of aliphatic hydroxyl groups is 24. The minimum atomic E-state index is -2.46. The van der Waals surface area contributed by atoms with E-state index in [1.165, 1.54) is 0 Å². The number of amides is 2. The van der Waals surface area contributed by atoms with Gasteiger partial charge in [0.1, 0.15) is 195 Å². The number of carbonyl (C=O) groups excluding carboxylic acids is 2. The van der Waals surface area contributed by atoms with E-state index in [1.54, 1.807) is 0 Å². The summed E-state index contributed by atoms with van der Waals surface area (Å²) < 4.78 is 86.1. The molecule has 552 valence electrons. The van der Waals surface area contributed by atoms with E-state index < -0.39 is 310 Å². The van der Waals surface area contributed by atoms with Gasteiger partial charge in [-0.3, -0.25) is 9.59 Å². The lowest BCUT2D eigenvalue weighted by Crippen LogP contribution is -2.70. The van der Waals surface area contributed by atoms with E-state index in [0.29, 0.717) is 0 Å². The van der Waals surface area contributed by atoms with Crippen LogP contribution in [0.2, 0.25) is 0 Å². The molecule has 43 heteroatoms. The van der Waals surface area contributed by atoms with Gasteiger partial charge in [0.2, 0.25) is 11.8 Å². The molecule has 0 aliphatic carbocycles. The van der Waals surface area contributed by atoms with Crippen LogP contribution in [-0.4, -0.2) is 433 Å². The molecule has 0 spiro atoms. The van der Waals surface area contributed by atoms with Crippen LogP contribution >= 0.6 is 0 Å². The molecule has 43 nitrogen and oxygen atoms in total. The lowest BCUT2D eigenvalue weighted by molar-refractivity contribution is -0.399. The second kappa shape index (κ2) is 33.9. The first-order valence-electron chi connectivity index (χ1n) is 30.1. The van der Waals surface area contributed by atoms with E-state index in [0.717, 1.165) is 13.8 Å². The van der Waals surface area contributed by atoms with E-state index in [-0.39, 0.29) is 0 Å². The monoisotopic (exact) mass is 1400 g/mol. The third kappa shape index (κ3) is 17.0. The number of nitrogens with one attached hydrogen (secondary N) is 2. The van der Waals surface area contributed by atoms with Gasteiger partial charge in [-0.05, 0) is 0 Å². The maximum atomic E-state index is 12.8. The van der Waals surface area contributed by atoms with Crippen molar-refractivity contribution in [2.75, 3.05) is 52.9 Å². The van der Waals surface area contributed by atoms with Crippen molar-refractivity contribution >= 4 is 11.8 Å². The van der Waals surface area contributed by atoms with Crippen LogP contribution in [0.15, 0.2) is 0 Å². The van der Waals surface area contributed by atoms with Gasteiger partial charge >= 0.3 is 0 Å². The molecule has 26 N–H and O–H groups in total. The molecule has 8 fully saturated rings. The highest BCUT2D eigenvalue weighted by Crippen LogP contribution is 2.38. The van der Waals surface area contributed by atoms with Crippen molar-refractivity contribution in [3.63, 3.8) is 0 Å². The highest BCUT2D eigenvalue weighted by Gasteiger charge is 2.59. The standard InChI is InChI=1S/C52H88N2O41/c1-11(61)53-21-29(69)40(17(7-59)83-45(21)80)91-46-22(54-12(2)62)30(70)41(18(8-60)88-46)92-51-39(79)43(94-52-44(34(74)25(65)15(5-57)87-52)95-49-36(76)32(72)24(64)14(4-56)86-49)28(68)20(90-51)10-82-48-38(78)42(27(67)16(6-58)85-48)93-50-37(77)33(73)26(66)19(89-50)9-81-47-35(75)31(71)23(63)13(3-55)84-47/h13-52,55-60,63-80H,3-10H2,1-2H3,(H,53,61)(H,54,62)/t13-,14-,15-,16-,17-,18-,19-,20-,21-,22-,23-,24-,25-,26-,27-,28-,29-,30-,31+,32+,33+,34+,35+,36+,37+,38+,39+,40-,41-,42+,43+,44+,45?,46+,47+,48+,49-,50-,51+,52-/m1/s1. The number of rotatable bonds is 24. The first kappa shape index (κ1) is 78.1. The molecular formula is C52H88N2O41. The summed E-state index contributed by atoms with van der Waals surface area (Å²) in [6, 6.07) is -3.46. The molecule has 8 heterocycles. The summed E-state index contributed by atoms with van der Waals surface area (Å²) in [6.07, 6.45) is -77.0. The van der Waals surface area contributed by atoms with Crippen molar-refractivity contribution in [1.82, 2.24) is 10.6 Å². The molecule has 0 aromatic rings. The molecule has 2 amide bonds. The lowest BCUT2D eigenvalue weighted by atomic mass is 9.94. The number of carbonyl (C=O) groups is 2. The van der Waals surface area contributed by atoms with E-state index in [9.17, 15) is 132 Å². The molecule has 0 aromatic carbocycles. The molecular weight excluding hydrogens is 1310 g/mol. The Hall–Kier alpha value is -2.62. The molecule has 95 heavy (non-hydrogen) atoms. The molecule has 8 aliphatic rings. The molecule has 0 bridgehead atoms. The zero-order valence-corrected chi connectivity index (χ0v) is 50.4. The van der Waals surface area contributed by atoms with Gasteiger partial charge in [-0.2, -0.15) is 0 Å². The summed E-state index contributed by atoms with van der Waals surface area (Å²) in [7, 11) is 0. The summed E-state index contributed by atoms with van der Waals surface area (Å²) in [5, 5.41) is 265. The predicted molar refractivity (Wildman–Crippen MR) is 288 cm³/mol. The van der Waals surface area contributed by atoms with Crippen molar-refractivity contribution in [2.24, 2.45) is 0 Å². The van der Waals surface area contributed by atoms with Gasteiger partial charge in [0.15, 0.2) is 50.3 Å². The van der Waals surface area contributed by atoms with Gasteiger partial charge in [0.05, 0.1) is 52.9 Å². The summed E-state index contributed by atoms with van der Waals surface area (Å²) in [6.45, 7) is -6.10. The fourth-order valence-corrected chi connectivity index (χ4v) is 12.1. The normalized spacial score (nSPS) is 50.8. The van der Waals surface area contributed by atoms with Crippen LogP contribution < -0.4 is 10.6 Å². The predicted octanol–water partition coefficient (Wildman–Crippen LogP) is -18.2. The Morgan fingerprint density at radius 1 is 0.274 bits per heavy atom. The van der Waals surface area contributed by atoms with Crippen LogP contribution in [0.4, 0.5) is 0 Å². The maximum absolute atomic E-state index is 12.8. The van der Waals surface area contributed by atoms with Crippen LogP contribution in [-0.2, 0) is 80.6 Å². The molecule has 0 radical (unpaired) electrons. The van der Waals surface area contributed by atoms with Crippen LogP contribution in [0.25, 0.3) is 0 Å². The van der Waals surface area contributed by atoms with Crippen molar-refractivity contribution in [2.45, 2.75) is 259 Å². The fraction of sp³-hybridized carbons (Fsp3) is 0.962. The van der Waals surface area contributed by atoms with E-state index >= 15 is 0 Å². The van der Waals surface area contributed by atoms with Gasteiger partial charge < -0.3 is 204 Å². The van der Waals surface area contributed by atoms with Crippen LogP contribution in [0.1, 0.15) is 13.8 Å². The van der Waals surface area contributed by atoms with Crippen molar-refractivity contribution in [1.29, 1.82) is 0 Å². The summed E-state index contributed by atoms with van der Waals surface area (Å²) in [5.74, 6) is -1.66. The first-order chi connectivity index (χ1) is 44.9. The van der Waals surface area contributed by atoms with E-state index in [1.807, 2.05) is 0 Å². The average molecular weight is 1400 g/mol. The Labute approximate surface area is 536 Å². The molecule has 40 atom stereocenters. The van der Waals surface area contributed by atoms with Gasteiger partial charge in [-0.15, -0.1) is 0 Å². The largest absolute Gasteiger partial charge is 0.394 e. The minimum Gasteiger partial charge on any atom is -0.394 e. The number of ether oxygens (including phenoxy) is 15. The zero-order valence-electron chi connectivity index (χ0n) is 50.4. The van der Waals surface area contributed by atoms with Gasteiger partial charge in [-0.1, -0.05) is 0 Å². The number of hydrogen-bond donors (Lipinski definition) is 26. The quantitative estimate of drug-likeness (QED) is 0.0427. The molecule has 1 unspecified atom stereocenters. The smallest absolute Gasteiger partial charge is 0.217 e. The average Bonchev–Trinajstić information content (AvgIpc) is 0.778. The summed E-state index contributed by atoms with van der Waals surface area (Å²) in [4.78, 5) is 24.8. The van der Waals surface area contributed by atoms with E-state index in [2.05, 4.69) is 10.6 Å². The highest BCUT2D eigenvalue weighted by atomic mass is 16.8. The fourth-order valence-electron chi connectivity index (χ4n) is 12.1. The third-order valence-electron chi connectivity index (χ3n) is 17.4. The van der Waals surface area contributed by atoms with Crippen molar-refractivity contribution < 1.29 is 203 Å². The highest BCUT2D eigenvalue weighted by molar-refractivity contribution is 5.73. The van der Waals surface area contributed by atoms with Crippen LogP contribution in [0.5, 0.6) is 0 Å². The van der Waals surface area contributed by atoms with Gasteiger partial charge in [0.25, 0.3) is 0 Å². The minimum absolute atomic E-state index is 0.760. The summed E-state index contributed by atoms with van der Waals surface area (Å²) in [5.41, 5.74) is 0. The van der Waals surface area contributed by atoms with Crippen LogP contribution in [0.3, 0.4) is 0 Å². The maximum Gasteiger partial charge on any atom is 0.217 e. The lowest BCUT2D eigenvalue weighted by Gasteiger charge is -2.50. The Morgan fingerprint density at radius 2 is 0.568 bits per heavy atom. The Morgan fingerprint density at radius 3 is 1.05 bits per heavy atom. The molecule has 8 aliphatic heterocycles. The topological polar surface area (TPSA) is 682 Å². The van der Waals surface area contributed by atoms with Gasteiger partial charge in [-0.25, -0.2) is 0 Å². The third-order valence-corrected chi connectivity index (χ3v) is 17.4. The molecule has 8 rings (SSSR count). The molecule has 0 saturated carbocycles. The first-order valence-corrected chi connectivity index (χ1v) is 30.1. The van der Waals surface area contributed by atoms with Crippen molar-refractivity contribution in [3.05, 3.63) is 0 Å². The second-order valence-corrected chi connectivity index (χ2v) is 23.9. The number of aliphatic hydroxyl groups excluding tert-OH is 24. The summed E-state index contributed by atoms with van der Waals surface area (Å²) >= 11 is 0. The van der Waals surface area contributed by atoms with Crippen molar-refractivity contribution in [3.8, 4) is 0 Å². The number of hydrogen-bond acceptors (Lipinski definition) is 41. The Kier molecular flexibility index (Phi) is 27.9. The van der Waals surface area contributed by atoms with Crippen LogP contribution in [0, 0.1) is 0 Å². The zero-order chi connectivity index (χ0) is 69.9. The van der Waals surface area contributed by atoms with Gasteiger partial charge in [0, 0.05) is 13.8 Å².